The molecule has 0 aliphatic carbocycles. The monoisotopic (exact) mass is 350 g/mol. The third-order valence-electron chi connectivity index (χ3n) is 3.07. The summed E-state index contributed by atoms with van der Waals surface area (Å²) in [4.78, 5) is 27.8. The van der Waals surface area contributed by atoms with Crippen LogP contribution in [0.15, 0.2) is 29.6 Å². The first-order chi connectivity index (χ1) is 11.4. The van der Waals surface area contributed by atoms with E-state index in [-0.39, 0.29) is 17.4 Å². The summed E-state index contributed by atoms with van der Waals surface area (Å²) < 4.78 is 12.8. The minimum atomic E-state index is -0.511. The lowest BCUT2D eigenvalue weighted by Crippen LogP contribution is -2.25. The SMILES string of the molecule is CC(C)CCNC(=O)c1csc(NC(=O)Nc2ccc(F)cc2)n1. The number of hydrogen-bond donors (Lipinski definition) is 3. The molecule has 3 amide bonds. The van der Waals surface area contributed by atoms with Crippen molar-refractivity contribution in [3.05, 3.63) is 41.2 Å². The molecule has 0 saturated heterocycles. The van der Waals surface area contributed by atoms with Gasteiger partial charge in [-0.3, -0.25) is 10.1 Å². The summed E-state index contributed by atoms with van der Waals surface area (Å²) >= 11 is 1.16. The summed E-state index contributed by atoms with van der Waals surface area (Å²) in [6, 6.07) is 4.88. The van der Waals surface area contributed by atoms with E-state index in [0.717, 1.165) is 17.8 Å². The number of carbonyl (C=O) groups excluding carboxylic acids is 2. The van der Waals surface area contributed by atoms with Crippen LogP contribution in [0, 0.1) is 11.7 Å². The Balaban J connectivity index is 1.85. The van der Waals surface area contributed by atoms with Crippen molar-refractivity contribution in [2.75, 3.05) is 17.2 Å². The van der Waals surface area contributed by atoms with Gasteiger partial charge in [0.25, 0.3) is 5.91 Å². The largest absolute Gasteiger partial charge is 0.351 e. The first kappa shape index (κ1) is 17.9. The molecule has 0 bridgehead atoms. The average molecular weight is 350 g/mol. The van der Waals surface area contributed by atoms with Crippen LogP contribution < -0.4 is 16.0 Å². The van der Waals surface area contributed by atoms with E-state index < -0.39 is 6.03 Å². The zero-order valence-electron chi connectivity index (χ0n) is 13.4. The average Bonchev–Trinajstić information content (AvgIpc) is 2.97. The summed E-state index contributed by atoms with van der Waals surface area (Å²) in [7, 11) is 0. The molecule has 6 nitrogen and oxygen atoms in total. The number of nitrogens with zero attached hydrogens (tertiary/aromatic N) is 1. The quantitative estimate of drug-likeness (QED) is 0.743. The number of amides is 3. The van der Waals surface area contributed by atoms with Gasteiger partial charge in [0.15, 0.2) is 5.13 Å². The summed E-state index contributed by atoms with van der Waals surface area (Å²) in [5, 5.41) is 9.76. The molecule has 2 aromatic rings. The Bertz CT molecular complexity index is 700. The van der Waals surface area contributed by atoms with Crippen molar-refractivity contribution in [1.29, 1.82) is 0 Å². The summed E-state index contributed by atoms with van der Waals surface area (Å²) in [6.07, 6.45) is 0.890. The van der Waals surface area contributed by atoms with Crippen molar-refractivity contribution in [2.24, 2.45) is 5.92 Å². The Morgan fingerprint density at radius 3 is 2.58 bits per heavy atom. The number of aromatic nitrogens is 1. The predicted octanol–water partition coefficient (Wildman–Crippen LogP) is 3.70. The van der Waals surface area contributed by atoms with Crippen LogP contribution in [0.2, 0.25) is 0 Å². The second kappa shape index (κ2) is 8.39. The van der Waals surface area contributed by atoms with Gasteiger partial charge < -0.3 is 10.6 Å². The number of nitrogens with one attached hydrogen (secondary N) is 3. The number of carbonyl (C=O) groups is 2. The van der Waals surface area contributed by atoms with Gasteiger partial charge in [0.2, 0.25) is 0 Å². The summed E-state index contributed by atoms with van der Waals surface area (Å²) in [5.74, 6) is -0.138. The fourth-order valence-electron chi connectivity index (χ4n) is 1.79. The summed E-state index contributed by atoms with van der Waals surface area (Å²) in [6.45, 7) is 4.75. The molecular formula is C16H19FN4O2S. The van der Waals surface area contributed by atoms with E-state index in [4.69, 9.17) is 0 Å². The van der Waals surface area contributed by atoms with Gasteiger partial charge in [-0.25, -0.2) is 14.2 Å². The molecule has 0 spiro atoms. The molecule has 0 aliphatic rings. The summed E-state index contributed by atoms with van der Waals surface area (Å²) in [5.41, 5.74) is 0.720. The minimum absolute atomic E-state index is 0.265. The zero-order chi connectivity index (χ0) is 17.5. The van der Waals surface area contributed by atoms with Crippen LogP contribution in [0.1, 0.15) is 30.8 Å². The maximum absolute atomic E-state index is 12.8. The highest BCUT2D eigenvalue weighted by Crippen LogP contribution is 2.16. The molecule has 0 aliphatic heterocycles. The zero-order valence-corrected chi connectivity index (χ0v) is 14.2. The number of anilines is 2. The van der Waals surface area contributed by atoms with Crippen LogP contribution >= 0.6 is 11.3 Å². The Labute approximate surface area is 143 Å². The number of halogens is 1. The topological polar surface area (TPSA) is 83.1 Å². The van der Waals surface area contributed by atoms with Crippen molar-refractivity contribution >= 4 is 34.1 Å². The minimum Gasteiger partial charge on any atom is -0.351 e. The van der Waals surface area contributed by atoms with E-state index in [0.29, 0.717) is 23.3 Å². The molecule has 24 heavy (non-hydrogen) atoms. The Kier molecular flexibility index (Phi) is 6.25. The smallest absolute Gasteiger partial charge is 0.325 e. The number of thiazole rings is 1. The van der Waals surface area contributed by atoms with E-state index in [2.05, 4.69) is 34.8 Å². The maximum atomic E-state index is 12.8. The predicted molar refractivity (Wildman–Crippen MR) is 92.9 cm³/mol. The highest BCUT2D eigenvalue weighted by atomic mass is 32.1. The maximum Gasteiger partial charge on any atom is 0.325 e. The van der Waals surface area contributed by atoms with Crippen LogP contribution in [0.3, 0.4) is 0 Å². The highest BCUT2D eigenvalue weighted by Gasteiger charge is 2.12. The van der Waals surface area contributed by atoms with Gasteiger partial charge in [-0.2, -0.15) is 0 Å². The first-order valence-corrected chi connectivity index (χ1v) is 8.39. The molecule has 1 heterocycles. The van der Waals surface area contributed by atoms with Crippen molar-refractivity contribution < 1.29 is 14.0 Å². The lowest BCUT2D eigenvalue weighted by atomic mass is 10.1. The molecular weight excluding hydrogens is 331 g/mol. The van der Waals surface area contributed by atoms with E-state index in [1.165, 1.54) is 24.3 Å². The number of benzene rings is 1. The molecule has 2 rings (SSSR count). The second-order valence-corrected chi connectivity index (χ2v) is 6.42. The molecule has 8 heteroatoms. The Morgan fingerprint density at radius 2 is 1.92 bits per heavy atom. The Hall–Kier alpha value is -2.48. The first-order valence-electron chi connectivity index (χ1n) is 7.51. The standard InChI is InChI=1S/C16H19FN4O2S/c1-10(2)7-8-18-14(22)13-9-24-16(20-13)21-15(23)19-12-5-3-11(17)4-6-12/h3-6,9-10H,7-8H2,1-2H3,(H,18,22)(H2,19,20,21,23). The normalized spacial score (nSPS) is 10.5. The van der Waals surface area contributed by atoms with Crippen LogP contribution in [0.25, 0.3) is 0 Å². The van der Waals surface area contributed by atoms with E-state index >= 15 is 0 Å². The highest BCUT2D eigenvalue weighted by molar-refractivity contribution is 7.14. The van der Waals surface area contributed by atoms with E-state index in [1.54, 1.807) is 5.38 Å². The molecule has 0 atom stereocenters. The lowest BCUT2D eigenvalue weighted by molar-refractivity contribution is 0.0947. The molecule has 0 fully saturated rings. The van der Waals surface area contributed by atoms with Gasteiger partial charge in [0, 0.05) is 17.6 Å². The van der Waals surface area contributed by atoms with Crippen molar-refractivity contribution in [1.82, 2.24) is 10.3 Å². The molecule has 0 saturated carbocycles. The molecule has 128 valence electrons. The van der Waals surface area contributed by atoms with Crippen molar-refractivity contribution in [3.63, 3.8) is 0 Å². The van der Waals surface area contributed by atoms with Gasteiger partial charge in [0.05, 0.1) is 0 Å². The van der Waals surface area contributed by atoms with Gasteiger partial charge in [-0.1, -0.05) is 13.8 Å². The molecule has 3 N–H and O–H groups in total. The fraction of sp³-hybridized carbons (Fsp3) is 0.312. The van der Waals surface area contributed by atoms with E-state index in [1.807, 2.05) is 0 Å². The third kappa shape index (κ3) is 5.62. The second-order valence-electron chi connectivity index (χ2n) is 5.56. The van der Waals surface area contributed by atoms with Crippen LogP contribution in [-0.4, -0.2) is 23.5 Å². The fourth-order valence-corrected chi connectivity index (χ4v) is 2.48. The number of hydrogen-bond acceptors (Lipinski definition) is 4. The van der Waals surface area contributed by atoms with Gasteiger partial charge in [0.1, 0.15) is 11.5 Å². The Morgan fingerprint density at radius 1 is 1.21 bits per heavy atom. The van der Waals surface area contributed by atoms with Gasteiger partial charge in [-0.05, 0) is 36.6 Å². The van der Waals surface area contributed by atoms with Crippen molar-refractivity contribution in [3.8, 4) is 0 Å². The van der Waals surface area contributed by atoms with Crippen LogP contribution in [-0.2, 0) is 0 Å². The number of urea groups is 1. The number of rotatable bonds is 6. The molecule has 1 aromatic heterocycles. The molecule has 0 radical (unpaired) electrons. The van der Waals surface area contributed by atoms with Gasteiger partial charge in [-0.15, -0.1) is 11.3 Å². The third-order valence-corrected chi connectivity index (χ3v) is 3.82. The lowest BCUT2D eigenvalue weighted by Gasteiger charge is -2.06. The van der Waals surface area contributed by atoms with Crippen LogP contribution in [0.4, 0.5) is 20.0 Å². The van der Waals surface area contributed by atoms with Gasteiger partial charge >= 0.3 is 6.03 Å². The molecule has 1 aromatic carbocycles. The molecule has 0 unspecified atom stereocenters. The van der Waals surface area contributed by atoms with Crippen molar-refractivity contribution in [2.45, 2.75) is 20.3 Å². The van der Waals surface area contributed by atoms with E-state index in [9.17, 15) is 14.0 Å². The van der Waals surface area contributed by atoms with Crippen LogP contribution in [0.5, 0.6) is 0 Å².